The number of methoxy groups -OCH3 is 3. The maximum atomic E-state index is 12.8. The second-order valence-corrected chi connectivity index (χ2v) is 6.48. The van der Waals surface area contributed by atoms with Crippen molar-refractivity contribution in [2.45, 2.75) is 12.6 Å². The number of fused-ring (bicyclic) bond motifs is 1. The number of halogens is 1. The minimum Gasteiger partial charge on any atom is -0.493 e. The van der Waals surface area contributed by atoms with Gasteiger partial charge in [0.1, 0.15) is 0 Å². The Morgan fingerprint density at radius 3 is 2.48 bits per heavy atom. The lowest BCUT2D eigenvalue weighted by Crippen LogP contribution is -2.47. The molecule has 146 valence electrons. The summed E-state index contributed by atoms with van der Waals surface area (Å²) in [6, 6.07) is 7.35. The van der Waals surface area contributed by atoms with Gasteiger partial charge in [0.25, 0.3) is 0 Å². The quantitative estimate of drug-likeness (QED) is 0.766. The van der Waals surface area contributed by atoms with E-state index in [4.69, 9.17) is 25.8 Å². The SMILES string of the molecule is COc1cc(C2c3cccn3CCN2C(=O)NCCCl)cc(OC)c1OC. The van der Waals surface area contributed by atoms with Crippen molar-refractivity contribution in [2.75, 3.05) is 40.3 Å². The van der Waals surface area contributed by atoms with Gasteiger partial charge in [-0.3, -0.25) is 0 Å². The maximum Gasteiger partial charge on any atom is 0.318 e. The third-order valence-corrected chi connectivity index (χ3v) is 4.86. The molecule has 0 spiro atoms. The molecule has 1 unspecified atom stereocenters. The summed E-state index contributed by atoms with van der Waals surface area (Å²) in [5, 5.41) is 2.86. The molecule has 0 saturated heterocycles. The van der Waals surface area contributed by atoms with Crippen molar-refractivity contribution in [3.63, 3.8) is 0 Å². The molecule has 0 fully saturated rings. The van der Waals surface area contributed by atoms with Crippen molar-refractivity contribution in [3.05, 3.63) is 41.7 Å². The Balaban J connectivity index is 2.08. The molecule has 2 aromatic rings. The molecule has 1 aliphatic heterocycles. The number of urea groups is 1. The third-order valence-electron chi connectivity index (χ3n) is 4.67. The van der Waals surface area contributed by atoms with Crippen LogP contribution >= 0.6 is 11.6 Å². The molecular formula is C19H24ClN3O4. The van der Waals surface area contributed by atoms with E-state index in [0.717, 1.165) is 17.8 Å². The number of nitrogens with one attached hydrogen (secondary N) is 1. The summed E-state index contributed by atoms with van der Waals surface area (Å²) in [5.74, 6) is 1.99. The van der Waals surface area contributed by atoms with Crippen LogP contribution in [0.15, 0.2) is 30.5 Å². The van der Waals surface area contributed by atoms with Crippen molar-refractivity contribution >= 4 is 17.6 Å². The number of alkyl halides is 1. The molecule has 1 atom stereocenters. The van der Waals surface area contributed by atoms with Crippen LogP contribution in [-0.4, -0.2) is 55.8 Å². The topological polar surface area (TPSA) is 65.0 Å². The number of hydrogen-bond donors (Lipinski definition) is 1. The van der Waals surface area contributed by atoms with E-state index in [1.165, 1.54) is 0 Å². The van der Waals surface area contributed by atoms with E-state index in [1.807, 2.05) is 35.4 Å². The normalized spacial score (nSPS) is 15.9. The average molecular weight is 394 g/mol. The second kappa shape index (κ2) is 8.43. The molecule has 0 radical (unpaired) electrons. The molecule has 0 bridgehead atoms. The Kier molecular flexibility index (Phi) is 6.01. The lowest BCUT2D eigenvalue weighted by Gasteiger charge is -2.37. The largest absolute Gasteiger partial charge is 0.493 e. The minimum atomic E-state index is -0.280. The van der Waals surface area contributed by atoms with E-state index in [1.54, 1.807) is 21.3 Å². The molecule has 1 aromatic heterocycles. The number of amides is 2. The zero-order valence-corrected chi connectivity index (χ0v) is 16.5. The fraction of sp³-hybridized carbons (Fsp3) is 0.421. The Morgan fingerprint density at radius 1 is 1.19 bits per heavy atom. The van der Waals surface area contributed by atoms with Gasteiger partial charge in [-0.15, -0.1) is 11.6 Å². The standard InChI is InChI=1S/C19H24ClN3O4/c1-25-15-11-13(12-16(26-2)18(15)27-3)17-14-5-4-8-22(14)9-10-23(17)19(24)21-7-6-20/h4-5,8,11-12,17H,6-7,9-10H2,1-3H3,(H,21,24). The van der Waals surface area contributed by atoms with Gasteiger partial charge in [0.2, 0.25) is 5.75 Å². The predicted octanol–water partition coefficient (Wildman–Crippen LogP) is 2.87. The summed E-state index contributed by atoms with van der Waals surface area (Å²) in [7, 11) is 4.73. The third kappa shape index (κ3) is 3.64. The summed E-state index contributed by atoms with van der Waals surface area (Å²) in [6.45, 7) is 1.73. The highest BCUT2D eigenvalue weighted by Gasteiger charge is 2.33. The maximum absolute atomic E-state index is 12.8. The van der Waals surface area contributed by atoms with Gasteiger partial charge in [0, 0.05) is 37.4 Å². The van der Waals surface area contributed by atoms with E-state index in [-0.39, 0.29) is 12.1 Å². The van der Waals surface area contributed by atoms with Crippen LogP contribution in [0.25, 0.3) is 0 Å². The number of ether oxygens (including phenoxy) is 3. The molecule has 8 heteroatoms. The van der Waals surface area contributed by atoms with Crippen molar-refractivity contribution in [1.82, 2.24) is 14.8 Å². The lowest BCUT2D eigenvalue weighted by molar-refractivity contribution is 0.169. The molecule has 0 aliphatic carbocycles. The van der Waals surface area contributed by atoms with Crippen molar-refractivity contribution in [3.8, 4) is 17.2 Å². The first-order valence-electron chi connectivity index (χ1n) is 8.70. The van der Waals surface area contributed by atoms with Crippen LogP contribution in [0.4, 0.5) is 4.79 Å². The number of aromatic nitrogens is 1. The summed E-state index contributed by atoms with van der Waals surface area (Å²) >= 11 is 5.73. The average Bonchev–Trinajstić information content (AvgIpc) is 3.18. The van der Waals surface area contributed by atoms with E-state index in [0.29, 0.717) is 36.2 Å². The van der Waals surface area contributed by atoms with Crippen LogP contribution in [0.2, 0.25) is 0 Å². The molecule has 3 rings (SSSR count). The first-order chi connectivity index (χ1) is 13.1. The molecule has 0 saturated carbocycles. The van der Waals surface area contributed by atoms with Crippen LogP contribution in [0.5, 0.6) is 17.2 Å². The van der Waals surface area contributed by atoms with Crippen molar-refractivity contribution in [1.29, 1.82) is 0 Å². The first kappa shape index (κ1) is 19.2. The Morgan fingerprint density at radius 2 is 1.89 bits per heavy atom. The van der Waals surface area contributed by atoms with Crippen molar-refractivity contribution in [2.24, 2.45) is 0 Å². The highest BCUT2D eigenvalue weighted by Crippen LogP contribution is 2.43. The number of nitrogens with zero attached hydrogens (tertiary/aromatic N) is 2. The molecular weight excluding hydrogens is 370 g/mol. The van der Waals surface area contributed by atoms with Crippen LogP contribution in [0, 0.1) is 0 Å². The first-order valence-corrected chi connectivity index (χ1v) is 9.23. The summed E-state index contributed by atoms with van der Waals surface area (Å²) in [5.41, 5.74) is 1.90. The van der Waals surface area contributed by atoms with E-state index in [2.05, 4.69) is 9.88 Å². The van der Waals surface area contributed by atoms with E-state index >= 15 is 0 Å². The van der Waals surface area contributed by atoms with Crippen LogP contribution in [0.3, 0.4) is 0 Å². The lowest BCUT2D eigenvalue weighted by atomic mass is 9.99. The highest BCUT2D eigenvalue weighted by atomic mass is 35.5. The van der Waals surface area contributed by atoms with Crippen LogP contribution in [0.1, 0.15) is 17.3 Å². The Bertz CT molecular complexity index is 783. The van der Waals surface area contributed by atoms with E-state index in [9.17, 15) is 4.79 Å². The monoisotopic (exact) mass is 393 g/mol. The highest BCUT2D eigenvalue weighted by molar-refractivity contribution is 6.18. The fourth-order valence-corrected chi connectivity index (χ4v) is 3.56. The summed E-state index contributed by atoms with van der Waals surface area (Å²) in [6.07, 6.45) is 2.02. The van der Waals surface area contributed by atoms with Gasteiger partial charge in [-0.2, -0.15) is 0 Å². The predicted molar refractivity (Wildman–Crippen MR) is 103 cm³/mol. The van der Waals surface area contributed by atoms with Crippen molar-refractivity contribution < 1.29 is 19.0 Å². The molecule has 1 aliphatic rings. The molecule has 2 heterocycles. The smallest absolute Gasteiger partial charge is 0.318 e. The number of carbonyl (C=O) groups is 1. The Hall–Kier alpha value is -2.54. The van der Waals surface area contributed by atoms with Gasteiger partial charge >= 0.3 is 6.03 Å². The number of carbonyl (C=O) groups excluding carboxylic acids is 1. The Labute approximate surface area is 163 Å². The van der Waals surface area contributed by atoms with Gasteiger partial charge in [0.05, 0.1) is 27.4 Å². The van der Waals surface area contributed by atoms with Gasteiger partial charge in [-0.25, -0.2) is 4.79 Å². The molecule has 2 amide bonds. The second-order valence-electron chi connectivity index (χ2n) is 6.10. The van der Waals surface area contributed by atoms with Gasteiger partial charge in [0.15, 0.2) is 11.5 Å². The fourth-order valence-electron chi connectivity index (χ4n) is 3.47. The van der Waals surface area contributed by atoms with Crippen LogP contribution in [-0.2, 0) is 6.54 Å². The van der Waals surface area contributed by atoms with Crippen LogP contribution < -0.4 is 19.5 Å². The molecule has 27 heavy (non-hydrogen) atoms. The van der Waals surface area contributed by atoms with Gasteiger partial charge in [-0.1, -0.05) is 0 Å². The molecule has 1 aromatic carbocycles. The number of hydrogen-bond acceptors (Lipinski definition) is 4. The zero-order chi connectivity index (χ0) is 19.4. The zero-order valence-electron chi connectivity index (χ0n) is 15.7. The molecule has 7 nitrogen and oxygen atoms in total. The minimum absolute atomic E-state index is 0.151. The summed E-state index contributed by atoms with van der Waals surface area (Å²) in [4.78, 5) is 14.6. The van der Waals surface area contributed by atoms with Gasteiger partial charge in [-0.05, 0) is 29.8 Å². The number of rotatable bonds is 6. The number of benzene rings is 1. The van der Waals surface area contributed by atoms with Gasteiger partial charge < -0.3 is 29.0 Å². The summed E-state index contributed by atoms with van der Waals surface area (Å²) < 4.78 is 18.6. The molecule has 1 N–H and O–H groups in total. The van der Waals surface area contributed by atoms with E-state index < -0.39 is 0 Å².